The molecule has 0 aromatic heterocycles. The largest absolute Gasteiger partial charge is 0.381 e. The van der Waals surface area contributed by atoms with Crippen LogP contribution in [0.1, 0.15) is 32.6 Å². The minimum Gasteiger partial charge on any atom is -0.381 e. The third-order valence-electron chi connectivity index (χ3n) is 3.55. The number of halogens is 1. The fourth-order valence-corrected chi connectivity index (χ4v) is 2.23. The first kappa shape index (κ1) is 20.9. The predicted molar refractivity (Wildman–Crippen MR) is 98.7 cm³/mol. The Balaban J connectivity index is 0.00000400. The molecule has 0 spiro atoms. The van der Waals surface area contributed by atoms with Crippen molar-refractivity contribution in [3.63, 3.8) is 0 Å². The summed E-state index contributed by atoms with van der Waals surface area (Å²) in [5, 5.41) is 3.38. The summed E-state index contributed by atoms with van der Waals surface area (Å²) in [4.78, 5) is 6.48. The zero-order valence-electron chi connectivity index (χ0n) is 13.8. The monoisotopic (exact) mass is 413 g/mol. The zero-order chi connectivity index (χ0) is 14.6. The lowest BCUT2D eigenvalue weighted by molar-refractivity contribution is 0.0887. The van der Waals surface area contributed by atoms with Crippen molar-refractivity contribution in [2.45, 2.75) is 32.6 Å². The topological polar surface area (TPSA) is 46.1 Å². The van der Waals surface area contributed by atoms with E-state index >= 15 is 0 Å². The second kappa shape index (κ2) is 13.6. The lowest BCUT2D eigenvalue weighted by Gasteiger charge is -2.21. The maximum Gasteiger partial charge on any atom is 0.193 e. The van der Waals surface area contributed by atoms with Gasteiger partial charge in [-0.1, -0.05) is 13.3 Å². The molecule has 1 unspecified atom stereocenters. The highest BCUT2D eigenvalue weighted by molar-refractivity contribution is 14.0. The van der Waals surface area contributed by atoms with Gasteiger partial charge in [-0.25, -0.2) is 0 Å². The summed E-state index contributed by atoms with van der Waals surface area (Å²) >= 11 is 0. The number of unbranched alkanes of at least 4 members (excludes halogenated alkanes) is 1. The van der Waals surface area contributed by atoms with E-state index in [2.05, 4.69) is 29.2 Å². The average molecular weight is 413 g/mol. The van der Waals surface area contributed by atoms with Crippen molar-refractivity contribution in [1.29, 1.82) is 0 Å². The van der Waals surface area contributed by atoms with E-state index < -0.39 is 0 Å². The number of hydrogen-bond acceptors (Lipinski definition) is 3. The van der Waals surface area contributed by atoms with Gasteiger partial charge in [0.2, 0.25) is 0 Å². The molecule has 1 heterocycles. The Bertz CT molecular complexity index is 272. The van der Waals surface area contributed by atoms with Crippen LogP contribution in [0.2, 0.25) is 0 Å². The number of hydrogen-bond donors (Lipinski definition) is 1. The molecule has 1 N–H and O–H groups in total. The minimum atomic E-state index is 0. The van der Waals surface area contributed by atoms with Crippen LogP contribution >= 0.6 is 24.0 Å². The third-order valence-corrected chi connectivity index (χ3v) is 3.55. The van der Waals surface area contributed by atoms with E-state index in [9.17, 15) is 0 Å². The second-order valence-electron chi connectivity index (χ2n) is 5.41. The Labute approximate surface area is 146 Å². The van der Waals surface area contributed by atoms with Gasteiger partial charge in [0.15, 0.2) is 5.96 Å². The molecule has 0 aromatic rings. The van der Waals surface area contributed by atoms with Gasteiger partial charge in [0, 0.05) is 46.3 Å². The first-order chi connectivity index (χ1) is 9.77. The van der Waals surface area contributed by atoms with Crippen molar-refractivity contribution < 1.29 is 9.47 Å². The minimum absolute atomic E-state index is 0. The molecule has 21 heavy (non-hydrogen) atoms. The van der Waals surface area contributed by atoms with Crippen molar-refractivity contribution in [1.82, 2.24) is 10.2 Å². The first-order valence-corrected chi connectivity index (χ1v) is 7.85. The van der Waals surface area contributed by atoms with E-state index in [-0.39, 0.29) is 24.0 Å². The predicted octanol–water partition coefficient (Wildman–Crippen LogP) is 2.35. The van der Waals surface area contributed by atoms with Gasteiger partial charge in [-0.05, 0) is 19.3 Å². The van der Waals surface area contributed by atoms with E-state index in [0.717, 1.165) is 58.3 Å². The highest BCUT2D eigenvalue weighted by Gasteiger charge is 2.15. The van der Waals surface area contributed by atoms with Crippen LogP contribution in [-0.2, 0) is 9.47 Å². The highest BCUT2D eigenvalue weighted by atomic mass is 127. The fraction of sp³-hybridized carbons (Fsp3) is 0.933. The Morgan fingerprint density at radius 1 is 1.43 bits per heavy atom. The molecule has 1 fully saturated rings. The number of aliphatic imine (C=N–C) groups is 1. The summed E-state index contributed by atoms with van der Waals surface area (Å²) in [6, 6.07) is 0. The summed E-state index contributed by atoms with van der Waals surface area (Å²) < 4.78 is 11.0. The molecular formula is C15H32IN3O2. The van der Waals surface area contributed by atoms with E-state index in [0.29, 0.717) is 5.92 Å². The smallest absolute Gasteiger partial charge is 0.193 e. The molecule has 1 rings (SSSR count). The molecule has 126 valence electrons. The van der Waals surface area contributed by atoms with Crippen LogP contribution in [0.5, 0.6) is 0 Å². The highest BCUT2D eigenvalue weighted by Crippen LogP contribution is 2.12. The molecule has 5 nitrogen and oxygen atoms in total. The van der Waals surface area contributed by atoms with Gasteiger partial charge >= 0.3 is 0 Å². The van der Waals surface area contributed by atoms with Gasteiger partial charge in [0.05, 0.1) is 13.2 Å². The molecule has 0 amide bonds. The van der Waals surface area contributed by atoms with Crippen molar-refractivity contribution >= 4 is 29.9 Å². The van der Waals surface area contributed by atoms with Crippen molar-refractivity contribution in [2.75, 3.05) is 53.6 Å². The number of guanidine groups is 1. The standard InChI is InChI=1S/C15H31N3O2.HI/c1-4-5-9-18(3)15(16-2)17-8-6-10-19-12-14-7-11-20-13-14;/h14H,4-13H2,1-3H3,(H,16,17);1H. The van der Waals surface area contributed by atoms with Crippen LogP contribution in [0.25, 0.3) is 0 Å². The SMILES string of the molecule is CCCCN(C)C(=NC)NCCCOCC1CCOC1.I. The van der Waals surface area contributed by atoms with Crippen molar-refractivity contribution in [3.05, 3.63) is 0 Å². The summed E-state index contributed by atoms with van der Waals surface area (Å²) in [6.07, 6.45) is 4.56. The summed E-state index contributed by atoms with van der Waals surface area (Å²) in [5.74, 6) is 1.58. The molecule has 1 aliphatic heterocycles. The lowest BCUT2D eigenvalue weighted by Crippen LogP contribution is -2.40. The number of nitrogens with zero attached hydrogens (tertiary/aromatic N) is 2. The number of rotatable bonds is 9. The molecule has 1 atom stereocenters. The van der Waals surface area contributed by atoms with Gasteiger partial charge < -0.3 is 19.7 Å². The van der Waals surface area contributed by atoms with E-state index in [1.807, 2.05) is 7.05 Å². The molecule has 0 radical (unpaired) electrons. The molecule has 0 bridgehead atoms. The van der Waals surface area contributed by atoms with Crippen molar-refractivity contribution in [2.24, 2.45) is 10.9 Å². The Hall–Kier alpha value is -0.0800. The Morgan fingerprint density at radius 3 is 2.86 bits per heavy atom. The van der Waals surface area contributed by atoms with Crippen LogP contribution in [-0.4, -0.2) is 64.5 Å². The summed E-state index contributed by atoms with van der Waals surface area (Å²) in [7, 11) is 3.92. The molecule has 1 aliphatic rings. The van der Waals surface area contributed by atoms with E-state index in [1.54, 1.807) is 0 Å². The van der Waals surface area contributed by atoms with Crippen LogP contribution < -0.4 is 5.32 Å². The first-order valence-electron chi connectivity index (χ1n) is 7.85. The number of ether oxygens (including phenoxy) is 2. The van der Waals surface area contributed by atoms with Gasteiger partial charge in [0.25, 0.3) is 0 Å². The number of nitrogens with one attached hydrogen (secondary N) is 1. The zero-order valence-corrected chi connectivity index (χ0v) is 16.1. The molecule has 6 heteroatoms. The average Bonchev–Trinajstić information content (AvgIpc) is 2.97. The van der Waals surface area contributed by atoms with E-state index in [1.165, 1.54) is 12.8 Å². The van der Waals surface area contributed by atoms with Crippen LogP contribution in [0.3, 0.4) is 0 Å². The lowest BCUT2D eigenvalue weighted by atomic mass is 10.1. The summed E-state index contributed by atoms with van der Waals surface area (Å²) in [5.41, 5.74) is 0. The molecule has 0 aliphatic carbocycles. The molecule has 0 saturated carbocycles. The Morgan fingerprint density at radius 2 is 2.24 bits per heavy atom. The van der Waals surface area contributed by atoms with Crippen molar-refractivity contribution in [3.8, 4) is 0 Å². The maximum absolute atomic E-state index is 5.68. The van der Waals surface area contributed by atoms with Gasteiger partial charge in [-0.3, -0.25) is 4.99 Å². The quantitative estimate of drug-likeness (QED) is 0.273. The van der Waals surface area contributed by atoms with Gasteiger partial charge in [-0.2, -0.15) is 0 Å². The molecule has 1 saturated heterocycles. The summed E-state index contributed by atoms with van der Waals surface area (Å²) in [6.45, 7) is 7.57. The Kier molecular flexibility index (Phi) is 13.5. The van der Waals surface area contributed by atoms with Crippen LogP contribution in [0.4, 0.5) is 0 Å². The third kappa shape index (κ3) is 9.52. The molecular weight excluding hydrogens is 381 g/mol. The maximum atomic E-state index is 5.68. The van der Waals surface area contributed by atoms with Gasteiger partial charge in [-0.15, -0.1) is 24.0 Å². The van der Waals surface area contributed by atoms with Crippen LogP contribution in [0, 0.1) is 5.92 Å². The van der Waals surface area contributed by atoms with E-state index in [4.69, 9.17) is 9.47 Å². The van der Waals surface area contributed by atoms with Crippen LogP contribution in [0.15, 0.2) is 4.99 Å². The molecule has 0 aromatic carbocycles. The second-order valence-corrected chi connectivity index (χ2v) is 5.41. The normalized spacial score (nSPS) is 18.4. The van der Waals surface area contributed by atoms with Gasteiger partial charge in [0.1, 0.15) is 0 Å². The fourth-order valence-electron chi connectivity index (χ4n) is 2.23.